The normalized spacial score (nSPS) is 21.6. The fraction of sp³-hybridized carbons (Fsp3) is 0.125. The van der Waals surface area contributed by atoms with Crippen molar-refractivity contribution in [3.05, 3.63) is 56.5 Å². The summed E-state index contributed by atoms with van der Waals surface area (Å²) in [5.41, 5.74) is 1.53. The van der Waals surface area contributed by atoms with Crippen molar-refractivity contribution in [3.8, 4) is 11.5 Å². The molecular weight excluding hydrogens is 444 g/mol. The Bertz CT molecular complexity index is 800. The van der Waals surface area contributed by atoms with Crippen molar-refractivity contribution in [2.45, 2.75) is 12.1 Å². The molecule has 4 rings (SSSR count). The summed E-state index contributed by atoms with van der Waals surface area (Å²) in [6.45, 7) is 0. The number of hydrogen-bond acceptors (Lipinski definition) is 4. The Kier molecular flexibility index (Phi) is 3.73. The summed E-state index contributed by atoms with van der Waals surface area (Å²) < 4.78 is 12.1. The Morgan fingerprint density at radius 2 is 1.17 bits per heavy atom. The van der Waals surface area contributed by atoms with Gasteiger partial charge in [0.05, 0.1) is 12.1 Å². The smallest absolute Gasteiger partial charge is 0.410 e. The predicted octanol–water partition coefficient (Wildman–Crippen LogP) is 4.20. The van der Waals surface area contributed by atoms with E-state index in [4.69, 9.17) is 9.47 Å². The van der Waals surface area contributed by atoms with Crippen LogP contribution in [0.2, 0.25) is 0 Å². The van der Waals surface area contributed by atoms with Crippen molar-refractivity contribution in [2.75, 3.05) is 0 Å². The maximum atomic E-state index is 11.9. The second kappa shape index (κ2) is 5.78. The highest BCUT2D eigenvalue weighted by atomic mass is 79.9. The number of nitrogens with one attached hydrogen (secondary N) is 2. The van der Waals surface area contributed by atoms with Crippen LogP contribution in [0, 0.1) is 0 Å². The lowest BCUT2D eigenvalue weighted by atomic mass is 9.91. The van der Waals surface area contributed by atoms with Crippen molar-refractivity contribution < 1.29 is 19.1 Å². The molecule has 6 nitrogen and oxygen atoms in total. The van der Waals surface area contributed by atoms with Crippen LogP contribution in [-0.2, 0) is 0 Å². The van der Waals surface area contributed by atoms with E-state index in [1.807, 2.05) is 12.1 Å². The molecule has 2 aromatic carbocycles. The maximum absolute atomic E-state index is 11.9. The van der Waals surface area contributed by atoms with Gasteiger partial charge in [-0.1, -0.05) is 31.9 Å². The fourth-order valence-electron chi connectivity index (χ4n) is 2.90. The first-order valence-electron chi connectivity index (χ1n) is 7.07. The van der Waals surface area contributed by atoms with E-state index in [2.05, 4.69) is 42.5 Å². The fourth-order valence-corrected chi connectivity index (χ4v) is 3.66. The third-order valence-electron chi connectivity index (χ3n) is 3.90. The zero-order chi connectivity index (χ0) is 16.8. The third-order valence-corrected chi connectivity index (χ3v) is 4.89. The Morgan fingerprint density at radius 1 is 0.750 bits per heavy atom. The number of ether oxygens (including phenoxy) is 2. The number of amides is 2. The van der Waals surface area contributed by atoms with Crippen molar-refractivity contribution in [1.29, 1.82) is 0 Å². The topological polar surface area (TPSA) is 76.7 Å². The molecule has 2 aromatic rings. The van der Waals surface area contributed by atoms with E-state index in [0.29, 0.717) is 11.5 Å². The Hall–Kier alpha value is -2.06. The number of halogens is 2. The van der Waals surface area contributed by atoms with Gasteiger partial charge in [0.2, 0.25) is 0 Å². The first-order valence-corrected chi connectivity index (χ1v) is 8.65. The Morgan fingerprint density at radius 3 is 1.58 bits per heavy atom. The predicted molar refractivity (Wildman–Crippen MR) is 92.1 cm³/mol. The molecule has 8 heteroatoms. The molecule has 2 atom stereocenters. The average Bonchev–Trinajstić information content (AvgIpc) is 2.54. The molecule has 2 N–H and O–H groups in total. The average molecular weight is 454 g/mol. The molecule has 2 heterocycles. The molecular formula is C16H10Br2N2O4. The maximum Gasteiger partial charge on any atom is 0.413 e. The van der Waals surface area contributed by atoms with Crippen LogP contribution >= 0.6 is 31.9 Å². The number of fused-ring (bicyclic) bond motifs is 2. The lowest BCUT2D eigenvalue weighted by Crippen LogP contribution is -2.47. The minimum Gasteiger partial charge on any atom is -0.410 e. The van der Waals surface area contributed by atoms with Crippen molar-refractivity contribution in [2.24, 2.45) is 0 Å². The number of carbonyl (C=O) groups is 2. The van der Waals surface area contributed by atoms with E-state index in [1.54, 1.807) is 24.3 Å². The van der Waals surface area contributed by atoms with Gasteiger partial charge < -0.3 is 20.1 Å². The standard InChI is InChI=1S/C16H10Br2N2O4/c17-7-1-3-11-9(5-7)13(19-15(21)23-11)14-10-6-8(18)2-4-12(10)24-16(22)20-14/h1-6,13-14H,(H,19,21)(H,20,22)/t13-,14+. The van der Waals surface area contributed by atoms with E-state index in [9.17, 15) is 9.59 Å². The van der Waals surface area contributed by atoms with Gasteiger partial charge in [-0.3, -0.25) is 0 Å². The summed E-state index contributed by atoms with van der Waals surface area (Å²) in [6.07, 6.45) is -1.13. The van der Waals surface area contributed by atoms with E-state index >= 15 is 0 Å². The van der Waals surface area contributed by atoms with Gasteiger partial charge >= 0.3 is 12.2 Å². The number of rotatable bonds is 1. The molecule has 2 aliphatic heterocycles. The summed E-state index contributed by atoms with van der Waals surface area (Å²) in [6, 6.07) is 9.77. The summed E-state index contributed by atoms with van der Waals surface area (Å²) >= 11 is 6.85. The molecule has 0 saturated carbocycles. The van der Waals surface area contributed by atoms with Gasteiger partial charge in [0.1, 0.15) is 11.5 Å². The minimum atomic E-state index is -0.563. The molecule has 2 aliphatic rings. The molecule has 0 aliphatic carbocycles. The second-order valence-corrected chi connectivity index (χ2v) is 7.22. The largest absolute Gasteiger partial charge is 0.413 e. The van der Waals surface area contributed by atoms with Crippen molar-refractivity contribution in [1.82, 2.24) is 10.6 Å². The van der Waals surface area contributed by atoms with Gasteiger partial charge in [0.25, 0.3) is 0 Å². The molecule has 0 fully saturated rings. The summed E-state index contributed by atoms with van der Waals surface area (Å²) in [7, 11) is 0. The molecule has 0 bridgehead atoms. The first-order chi connectivity index (χ1) is 11.5. The molecule has 24 heavy (non-hydrogen) atoms. The van der Waals surface area contributed by atoms with Crippen LogP contribution in [0.4, 0.5) is 9.59 Å². The van der Waals surface area contributed by atoms with Crippen LogP contribution in [0.1, 0.15) is 23.2 Å². The quantitative estimate of drug-likeness (QED) is 0.678. The molecule has 0 spiro atoms. The van der Waals surface area contributed by atoms with E-state index < -0.39 is 24.3 Å². The number of benzene rings is 2. The SMILES string of the molecule is O=C1N[C@@H]([C@H]2NC(=O)Oc3ccc(Br)cc32)c2cc(Br)ccc2O1. The lowest BCUT2D eigenvalue weighted by molar-refractivity contribution is 0.168. The van der Waals surface area contributed by atoms with E-state index in [1.165, 1.54) is 0 Å². The third kappa shape index (κ3) is 2.65. The van der Waals surface area contributed by atoms with Crippen molar-refractivity contribution >= 4 is 44.0 Å². The van der Waals surface area contributed by atoms with E-state index in [0.717, 1.165) is 20.1 Å². The molecule has 122 valence electrons. The molecule has 0 unspecified atom stereocenters. The number of carbonyl (C=O) groups excluding carboxylic acids is 2. The monoisotopic (exact) mass is 452 g/mol. The summed E-state index contributed by atoms with van der Waals surface area (Å²) in [4.78, 5) is 23.9. The lowest BCUT2D eigenvalue weighted by Gasteiger charge is -2.35. The highest BCUT2D eigenvalue weighted by Gasteiger charge is 2.38. The van der Waals surface area contributed by atoms with Gasteiger partial charge in [-0.25, -0.2) is 9.59 Å². The Balaban J connectivity index is 1.85. The van der Waals surface area contributed by atoms with Gasteiger partial charge in [-0.05, 0) is 36.4 Å². The zero-order valence-corrected chi connectivity index (χ0v) is 15.2. The minimum absolute atomic E-state index is 0.462. The first kappa shape index (κ1) is 15.5. The van der Waals surface area contributed by atoms with Gasteiger partial charge in [-0.2, -0.15) is 0 Å². The van der Waals surface area contributed by atoms with Crippen LogP contribution in [0.25, 0.3) is 0 Å². The van der Waals surface area contributed by atoms with E-state index in [-0.39, 0.29) is 0 Å². The molecule has 0 radical (unpaired) electrons. The van der Waals surface area contributed by atoms with Crippen LogP contribution in [0.3, 0.4) is 0 Å². The Labute approximate surface area is 153 Å². The summed E-state index contributed by atoms with van der Waals surface area (Å²) in [5.74, 6) is 0.925. The molecule has 0 saturated heterocycles. The van der Waals surface area contributed by atoms with Gasteiger partial charge in [-0.15, -0.1) is 0 Å². The van der Waals surface area contributed by atoms with Crippen LogP contribution in [0.5, 0.6) is 11.5 Å². The van der Waals surface area contributed by atoms with Crippen LogP contribution < -0.4 is 20.1 Å². The van der Waals surface area contributed by atoms with Crippen molar-refractivity contribution in [3.63, 3.8) is 0 Å². The highest BCUT2D eigenvalue weighted by molar-refractivity contribution is 9.10. The second-order valence-electron chi connectivity index (χ2n) is 5.39. The van der Waals surface area contributed by atoms with Gasteiger partial charge in [0, 0.05) is 20.1 Å². The van der Waals surface area contributed by atoms with Crippen LogP contribution in [-0.4, -0.2) is 12.2 Å². The molecule has 0 aromatic heterocycles. The number of hydrogen-bond donors (Lipinski definition) is 2. The van der Waals surface area contributed by atoms with Crippen LogP contribution in [0.15, 0.2) is 45.3 Å². The summed E-state index contributed by atoms with van der Waals surface area (Å²) in [5, 5.41) is 5.57. The highest BCUT2D eigenvalue weighted by Crippen LogP contribution is 2.43. The van der Waals surface area contributed by atoms with Gasteiger partial charge in [0.15, 0.2) is 0 Å². The zero-order valence-electron chi connectivity index (χ0n) is 12.0. The molecule has 2 amide bonds.